The van der Waals surface area contributed by atoms with Crippen molar-refractivity contribution in [1.82, 2.24) is 5.32 Å². The van der Waals surface area contributed by atoms with Crippen LogP contribution in [0.3, 0.4) is 0 Å². The summed E-state index contributed by atoms with van der Waals surface area (Å²) in [7, 11) is 1.77. The summed E-state index contributed by atoms with van der Waals surface area (Å²) in [6, 6.07) is 0.762. The molecule has 0 amide bonds. The first kappa shape index (κ1) is 12.0. The van der Waals surface area contributed by atoms with Crippen molar-refractivity contribution < 1.29 is 4.74 Å². The Hall–Kier alpha value is -0.0800. The molecule has 1 N–H and O–H groups in total. The maximum atomic E-state index is 5.03. The number of nitrogens with one attached hydrogen (secondary N) is 1. The summed E-state index contributed by atoms with van der Waals surface area (Å²) < 4.78 is 5.03. The van der Waals surface area contributed by atoms with Crippen molar-refractivity contribution in [2.24, 2.45) is 11.8 Å². The standard InChI is InChI=1S/C12H25NO/c1-10-5-6-12(9-11(10)2)13-7-4-8-14-3/h10-13H,4-9H2,1-3H3. The minimum Gasteiger partial charge on any atom is -0.385 e. The van der Waals surface area contributed by atoms with Gasteiger partial charge >= 0.3 is 0 Å². The Balaban J connectivity index is 2.07. The number of ether oxygens (including phenoxy) is 1. The lowest BCUT2D eigenvalue weighted by Crippen LogP contribution is -2.36. The highest BCUT2D eigenvalue weighted by atomic mass is 16.5. The van der Waals surface area contributed by atoms with Gasteiger partial charge in [0.25, 0.3) is 0 Å². The Morgan fingerprint density at radius 1 is 1.21 bits per heavy atom. The number of rotatable bonds is 5. The third-order valence-electron chi connectivity index (χ3n) is 3.56. The van der Waals surface area contributed by atoms with Gasteiger partial charge in [0, 0.05) is 19.8 Å². The van der Waals surface area contributed by atoms with E-state index >= 15 is 0 Å². The largest absolute Gasteiger partial charge is 0.385 e. The predicted octanol–water partition coefficient (Wildman–Crippen LogP) is 2.44. The van der Waals surface area contributed by atoms with E-state index in [0.717, 1.165) is 37.5 Å². The number of methoxy groups -OCH3 is 1. The van der Waals surface area contributed by atoms with Gasteiger partial charge in [-0.15, -0.1) is 0 Å². The summed E-state index contributed by atoms with van der Waals surface area (Å²) in [6.07, 6.45) is 5.24. The van der Waals surface area contributed by atoms with E-state index in [1.54, 1.807) is 7.11 Å². The zero-order valence-electron chi connectivity index (χ0n) is 9.88. The molecule has 0 bridgehead atoms. The molecule has 1 aliphatic carbocycles. The van der Waals surface area contributed by atoms with Gasteiger partial charge in [-0.3, -0.25) is 0 Å². The summed E-state index contributed by atoms with van der Waals surface area (Å²) in [5.74, 6) is 1.82. The predicted molar refractivity (Wildman–Crippen MR) is 60.5 cm³/mol. The molecule has 3 unspecified atom stereocenters. The van der Waals surface area contributed by atoms with Crippen LogP contribution < -0.4 is 5.32 Å². The van der Waals surface area contributed by atoms with Gasteiger partial charge in [0.1, 0.15) is 0 Å². The summed E-state index contributed by atoms with van der Waals surface area (Å²) in [5.41, 5.74) is 0. The fourth-order valence-electron chi connectivity index (χ4n) is 2.26. The minimum atomic E-state index is 0.762. The van der Waals surface area contributed by atoms with Crippen molar-refractivity contribution in [2.75, 3.05) is 20.3 Å². The van der Waals surface area contributed by atoms with E-state index in [-0.39, 0.29) is 0 Å². The van der Waals surface area contributed by atoms with Crippen LogP contribution in [0, 0.1) is 11.8 Å². The molecule has 0 aliphatic heterocycles. The lowest BCUT2D eigenvalue weighted by atomic mass is 9.79. The minimum absolute atomic E-state index is 0.762. The van der Waals surface area contributed by atoms with E-state index in [2.05, 4.69) is 19.2 Å². The SMILES string of the molecule is COCCCNC1CCC(C)C(C)C1. The third-order valence-corrected chi connectivity index (χ3v) is 3.56. The van der Waals surface area contributed by atoms with Crippen LogP contribution in [0.1, 0.15) is 39.5 Å². The molecule has 84 valence electrons. The van der Waals surface area contributed by atoms with Crippen LogP contribution in [0.4, 0.5) is 0 Å². The van der Waals surface area contributed by atoms with Crippen molar-refractivity contribution in [3.63, 3.8) is 0 Å². The number of hydrogen-bond donors (Lipinski definition) is 1. The van der Waals surface area contributed by atoms with Crippen LogP contribution in [0.2, 0.25) is 0 Å². The van der Waals surface area contributed by atoms with Crippen molar-refractivity contribution in [1.29, 1.82) is 0 Å². The average Bonchev–Trinajstić information content (AvgIpc) is 2.18. The third kappa shape index (κ3) is 3.97. The molecule has 1 fully saturated rings. The molecule has 1 aliphatic rings. The van der Waals surface area contributed by atoms with Crippen LogP contribution in [0.15, 0.2) is 0 Å². The van der Waals surface area contributed by atoms with Crippen molar-refractivity contribution in [3.8, 4) is 0 Å². The maximum Gasteiger partial charge on any atom is 0.0474 e. The van der Waals surface area contributed by atoms with Crippen LogP contribution in [-0.2, 0) is 4.74 Å². The molecule has 14 heavy (non-hydrogen) atoms. The molecule has 3 atom stereocenters. The fraction of sp³-hybridized carbons (Fsp3) is 1.00. The van der Waals surface area contributed by atoms with E-state index in [1.165, 1.54) is 19.3 Å². The zero-order valence-corrected chi connectivity index (χ0v) is 9.88. The Morgan fingerprint density at radius 3 is 2.64 bits per heavy atom. The van der Waals surface area contributed by atoms with Gasteiger partial charge in [0.05, 0.1) is 0 Å². The van der Waals surface area contributed by atoms with E-state index in [4.69, 9.17) is 4.74 Å². The smallest absolute Gasteiger partial charge is 0.0474 e. The molecule has 1 saturated carbocycles. The second-order valence-electron chi connectivity index (χ2n) is 4.77. The molecule has 2 heteroatoms. The molecule has 0 aromatic carbocycles. The van der Waals surface area contributed by atoms with Gasteiger partial charge < -0.3 is 10.1 Å². The second-order valence-corrected chi connectivity index (χ2v) is 4.77. The monoisotopic (exact) mass is 199 g/mol. The molecule has 2 nitrogen and oxygen atoms in total. The highest BCUT2D eigenvalue weighted by Gasteiger charge is 2.23. The van der Waals surface area contributed by atoms with Gasteiger partial charge in [0.15, 0.2) is 0 Å². The summed E-state index contributed by atoms with van der Waals surface area (Å²) in [6.45, 7) is 6.75. The summed E-state index contributed by atoms with van der Waals surface area (Å²) >= 11 is 0. The average molecular weight is 199 g/mol. The van der Waals surface area contributed by atoms with Gasteiger partial charge in [-0.1, -0.05) is 13.8 Å². The van der Waals surface area contributed by atoms with Crippen molar-refractivity contribution in [2.45, 2.75) is 45.6 Å². The quantitative estimate of drug-likeness (QED) is 0.687. The molecular weight excluding hydrogens is 174 g/mol. The Bertz CT molecular complexity index is 149. The van der Waals surface area contributed by atoms with Gasteiger partial charge in [-0.25, -0.2) is 0 Å². The van der Waals surface area contributed by atoms with E-state index in [0.29, 0.717) is 0 Å². The summed E-state index contributed by atoms with van der Waals surface area (Å²) in [5, 5.41) is 3.63. The highest BCUT2D eigenvalue weighted by Crippen LogP contribution is 2.29. The van der Waals surface area contributed by atoms with Gasteiger partial charge in [-0.2, -0.15) is 0 Å². The highest BCUT2D eigenvalue weighted by molar-refractivity contribution is 4.79. The fourth-order valence-corrected chi connectivity index (χ4v) is 2.26. The Kier molecular flexibility index (Phi) is 5.49. The zero-order chi connectivity index (χ0) is 10.4. The van der Waals surface area contributed by atoms with Gasteiger partial charge in [0.2, 0.25) is 0 Å². The molecule has 0 aromatic heterocycles. The lowest BCUT2D eigenvalue weighted by Gasteiger charge is -2.32. The Labute approximate surface area is 88.4 Å². The Morgan fingerprint density at radius 2 is 2.00 bits per heavy atom. The molecule has 0 spiro atoms. The molecule has 0 aromatic rings. The normalized spacial score (nSPS) is 33.2. The second kappa shape index (κ2) is 6.41. The topological polar surface area (TPSA) is 21.3 Å². The molecule has 0 radical (unpaired) electrons. The van der Waals surface area contributed by atoms with E-state index in [1.807, 2.05) is 0 Å². The van der Waals surface area contributed by atoms with Crippen LogP contribution in [-0.4, -0.2) is 26.3 Å². The number of hydrogen-bond acceptors (Lipinski definition) is 2. The van der Waals surface area contributed by atoms with Crippen LogP contribution >= 0.6 is 0 Å². The lowest BCUT2D eigenvalue weighted by molar-refractivity contribution is 0.186. The van der Waals surface area contributed by atoms with Crippen molar-refractivity contribution in [3.05, 3.63) is 0 Å². The molecule has 0 heterocycles. The first-order valence-electron chi connectivity index (χ1n) is 5.96. The molecule has 1 rings (SSSR count). The van der Waals surface area contributed by atoms with E-state index < -0.39 is 0 Å². The molecular formula is C12H25NO. The van der Waals surface area contributed by atoms with E-state index in [9.17, 15) is 0 Å². The first-order chi connectivity index (χ1) is 6.74. The maximum absolute atomic E-state index is 5.03. The molecule has 0 saturated heterocycles. The van der Waals surface area contributed by atoms with Crippen molar-refractivity contribution >= 4 is 0 Å². The first-order valence-corrected chi connectivity index (χ1v) is 5.96. The van der Waals surface area contributed by atoms with Gasteiger partial charge in [-0.05, 0) is 44.1 Å². The van der Waals surface area contributed by atoms with Crippen LogP contribution in [0.5, 0.6) is 0 Å². The summed E-state index contributed by atoms with van der Waals surface area (Å²) in [4.78, 5) is 0. The van der Waals surface area contributed by atoms with Crippen LogP contribution in [0.25, 0.3) is 0 Å².